The van der Waals surface area contributed by atoms with Crippen LogP contribution in [-0.2, 0) is 16.2 Å². The Morgan fingerprint density at radius 1 is 1.09 bits per heavy atom. The van der Waals surface area contributed by atoms with Crippen LogP contribution in [-0.4, -0.2) is 40.9 Å². The molecule has 0 aliphatic carbocycles. The lowest BCUT2D eigenvalue weighted by atomic mass is 10.00. The van der Waals surface area contributed by atoms with Crippen LogP contribution < -0.4 is 0 Å². The Hall–Kier alpha value is -3.32. The number of rotatable bonds is 5. The van der Waals surface area contributed by atoms with Crippen molar-refractivity contribution in [1.82, 2.24) is 14.5 Å². The van der Waals surface area contributed by atoms with Gasteiger partial charge < -0.3 is 4.42 Å². The van der Waals surface area contributed by atoms with E-state index in [1.807, 2.05) is 0 Å². The number of alkyl halides is 3. The van der Waals surface area contributed by atoms with E-state index < -0.39 is 43.2 Å². The molecule has 4 rings (SSSR count). The molecule has 1 aliphatic heterocycles. The molecule has 0 N–H and O–H groups in total. The lowest BCUT2D eigenvalue weighted by Gasteiger charge is -2.30. The maximum Gasteiger partial charge on any atom is 0.416 e. The fourth-order valence-corrected chi connectivity index (χ4v) is 5.33. The van der Waals surface area contributed by atoms with Crippen molar-refractivity contribution >= 4 is 15.7 Å². The first kappa shape index (κ1) is 22.9. The van der Waals surface area contributed by atoms with Crippen LogP contribution in [0.3, 0.4) is 0 Å². The van der Waals surface area contributed by atoms with Crippen molar-refractivity contribution in [2.75, 3.05) is 13.1 Å². The second-order valence-corrected chi connectivity index (χ2v) is 9.35. The smallest absolute Gasteiger partial charge is 0.416 e. The van der Waals surface area contributed by atoms with Gasteiger partial charge in [0.25, 0.3) is 5.69 Å². The molecule has 1 atom stereocenters. The molecule has 0 amide bonds. The van der Waals surface area contributed by atoms with Crippen molar-refractivity contribution in [1.29, 1.82) is 0 Å². The zero-order valence-electron chi connectivity index (χ0n) is 16.9. The first-order chi connectivity index (χ1) is 15.6. The molecular weight excluding hydrogens is 465 g/mol. The molecule has 9 nitrogen and oxygen atoms in total. The van der Waals surface area contributed by atoms with E-state index in [1.54, 1.807) is 0 Å². The summed E-state index contributed by atoms with van der Waals surface area (Å²) in [4.78, 5) is 10.1. The summed E-state index contributed by atoms with van der Waals surface area (Å²) in [6.07, 6.45) is -3.47. The zero-order valence-corrected chi connectivity index (χ0v) is 17.7. The van der Waals surface area contributed by atoms with Gasteiger partial charge in [0, 0.05) is 24.7 Å². The van der Waals surface area contributed by atoms with Crippen molar-refractivity contribution in [3.05, 3.63) is 70.1 Å². The lowest BCUT2D eigenvalue weighted by molar-refractivity contribution is -0.387. The maximum absolute atomic E-state index is 13.1. The molecule has 0 saturated carbocycles. The van der Waals surface area contributed by atoms with E-state index in [2.05, 4.69) is 10.2 Å². The van der Waals surface area contributed by atoms with Crippen molar-refractivity contribution in [3.8, 4) is 11.5 Å². The fourth-order valence-electron chi connectivity index (χ4n) is 3.65. The summed E-state index contributed by atoms with van der Waals surface area (Å²) in [6.45, 7) is 0.147. The minimum absolute atomic E-state index is 0.0115. The number of nitro benzene ring substituents is 1. The van der Waals surface area contributed by atoms with Gasteiger partial charge in [-0.1, -0.05) is 12.1 Å². The van der Waals surface area contributed by atoms with Crippen LogP contribution >= 0.6 is 0 Å². The Kier molecular flexibility index (Phi) is 5.93. The molecule has 33 heavy (non-hydrogen) atoms. The SMILES string of the molecule is O=[N+]([O-])c1ccccc1S(=O)(=O)N1CCCC(c2nnc(-c3ccc(C(F)(F)F)cc3)o2)C1. The van der Waals surface area contributed by atoms with E-state index in [0.29, 0.717) is 18.4 Å². The van der Waals surface area contributed by atoms with Gasteiger partial charge in [-0.15, -0.1) is 10.2 Å². The van der Waals surface area contributed by atoms with Gasteiger partial charge in [-0.05, 0) is 43.2 Å². The standard InChI is InChI=1S/C20H17F3N4O5S/c21-20(22,23)15-9-7-13(8-10-15)18-24-25-19(32-18)14-4-3-11-26(12-14)33(30,31)17-6-2-1-5-16(17)27(28)29/h1-2,5-10,14H,3-4,11-12H2. The molecule has 13 heteroatoms. The predicted octanol–water partition coefficient (Wildman–Crippen LogP) is 4.23. The van der Waals surface area contributed by atoms with Gasteiger partial charge in [-0.3, -0.25) is 10.1 Å². The summed E-state index contributed by atoms with van der Waals surface area (Å²) in [5, 5.41) is 19.1. The molecule has 3 aromatic rings. The summed E-state index contributed by atoms with van der Waals surface area (Å²) < 4.78 is 71.2. The second kappa shape index (κ2) is 8.56. The molecule has 1 fully saturated rings. The van der Waals surface area contributed by atoms with Gasteiger partial charge in [0.1, 0.15) is 0 Å². The number of hydrogen-bond acceptors (Lipinski definition) is 7. The number of piperidine rings is 1. The summed E-state index contributed by atoms with van der Waals surface area (Å²) in [7, 11) is -4.15. The molecule has 2 heterocycles. The van der Waals surface area contributed by atoms with Gasteiger partial charge in [0.2, 0.25) is 21.8 Å². The van der Waals surface area contributed by atoms with E-state index in [4.69, 9.17) is 4.42 Å². The number of benzene rings is 2. The summed E-state index contributed by atoms with van der Waals surface area (Å²) in [5.74, 6) is -0.309. The Morgan fingerprint density at radius 2 is 1.79 bits per heavy atom. The number of aromatic nitrogens is 2. The maximum atomic E-state index is 13.1. The van der Waals surface area contributed by atoms with Crippen molar-refractivity contribution in [3.63, 3.8) is 0 Å². The molecule has 1 aromatic heterocycles. The highest BCUT2D eigenvalue weighted by molar-refractivity contribution is 7.89. The van der Waals surface area contributed by atoms with Crippen molar-refractivity contribution < 1.29 is 30.9 Å². The third kappa shape index (κ3) is 4.59. The van der Waals surface area contributed by atoms with Gasteiger partial charge in [0.05, 0.1) is 16.4 Å². The van der Waals surface area contributed by atoms with E-state index in [0.717, 1.165) is 22.5 Å². The number of nitrogens with zero attached hydrogens (tertiary/aromatic N) is 4. The molecule has 0 bridgehead atoms. The van der Waals surface area contributed by atoms with E-state index in [9.17, 15) is 31.7 Å². The number of sulfonamides is 1. The van der Waals surface area contributed by atoms with Gasteiger partial charge in [-0.2, -0.15) is 17.5 Å². The van der Waals surface area contributed by atoms with Crippen LogP contribution in [0.4, 0.5) is 18.9 Å². The minimum Gasteiger partial charge on any atom is -0.420 e. The second-order valence-electron chi connectivity index (χ2n) is 7.45. The van der Waals surface area contributed by atoms with Gasteiger partial charge in [-0.25, -0.2) is 8.42 Å². The molecular formula is C20H17F3N4O5S. The Bertz CT molecular complexity index is 1280. The summed E-state index contributed by atoms with van der Waals surface area (Å²) >= 11 is 0. The molecule has 174 valence electrons. The van der Waals surface area contributed by atoms with Crippen LogP contribution in [0, 0.1) is 10.1 Å². The molecule has 1 saturated heterocycles. The first-order valence-corrected chi connectivity index (χ1v) is 11.3. The highest BCUT2D eigenvalue weighted by Crippen LogP contribution is 2.34. The molecule has 0 radical (unpaired) electrons. The van der Waals surface area contributed by atoms with Gasteiger partial charge in [0.15, 0.2) is 4.90 Å². The first-order valence-electron chi connectivity index (χ1n) is 9.82. The highest BCUT2D eigenvalue weighted by atomic mass is 32.2. The van der Waals surface area contributed by atoms with Crippen LogP contribution in [0.2, 0.25) is 0 Å². The number of nitro groups is 1. The largest absolute Gasteiger partial charge is 0.420 e. The number of hydrogen-bond donors (Lipinski definition) is 0. The molecule has 2 aromatic carbocycles. The van der Waals surface area contributed by atoms with E-state index >= 15 is 0 Å². The monoisotopic (exact) mass is 482 g/mol. The third-order valence-electron chi connectivity index (χ3n) is 5.31. The average molecular weight is 482 g/mol. The molecule has 1 aliphatic rings. The average Bonchev–Trinajstić information content (AvgIpc) is 3.29. The Morgan fingerprint density at radius 3 is 2.45 bits per heavy atom. The van der Waals surface area contributed by atoms with Crippen molar-refractivity contribution in [2.45, 2.75) is 29.8 Å². The minimum atomic E-state index is -4.47. The van der Waals surface area contributed by atoms with E-state index in [-0.39, 0.29) is 24.9 Å². The van der Waals surface area contributed by atoms with Crippen LogP contribution in [0.5, 0.6) is 0 Å². The van der Waals surface area contributed by atoms with Crippen LogP contribution in [0.1, 0.15) is 30.2 Å². The van der Waals surface area contributed by atoms with Crippen LogP contribution in [0.15, 0.2) is 57.8 Å². The quantitative estimate of drug-likeness (QED) is 0.394. The van der Waals surface area contributed by atoms with Crippen molar-refractivity contribution in [2.24, 2.45) is 0 Å². The fraction of sp³-hybridized carbons (Fsp3) is 0.300. The third-order valence-corrected chi connectivity index (χ3v) is 7.23. The number of halogens is 3. The Labute approximate surface area is 186 Å². The molecule has 1 unspecified atom stereocenters. The zero-order chi connectivity index (χ0) is 23.8. The normalized spacial score (nSPS) is 17.7. The Balaban J connectivity index is 1.55. The summed E-state index contributed by atoms with van der Waals surface area (Å²) in [5.41, 5.74) is -1.03. The van der Waals surface area contributed by atoms with E-state index in [1.165, 1.54) is 30.3 Å². The predicted molar refractivity (Wildman–Crippen MR) is 109 cm³/mol. The lowest BCUT2D eigenvalue weighted by Crippen LogP contribution is -2.39. The molecule has 0 spiro atoms. The number of para-hydroxylation sites is 1. The van der Waals surface area contributed by atoms with Gasteiger partial charge >= 0.3 is 6.18 Å². The summed E-state index contributed by atoms with van der Waals surface area (Å²) in [6, 6.07) is 9.35. The highest BCUT2D eigenvalue weighted by Gasteiger charge is 2.36. The topological polar surface area (TPSA) is 119 Å². The van der Waals surface area contributed by atoms with Crippen LogP contribution in [0.25, 0.3) is 11.5 Å².